The molecule has 1 aliphatic carbocycles. The first kappa shape index (κ1) is 7.15. The summed E-state index contributed by atoms with van der Waals surface area (Å²) in [5.41, 5.74) is 6.90. The zero-order chi connectivity index (χ0) is 8.39. The second-order valence-corrected chi connectivity index (χ2v) is 2.95. The van der Waals surface area contributed by atoms with Crippen LogP contribution in [0.4, 0.5) is 0 Å². The molecule has 0 heterocycles. The van der Waals surface area contributed by atoms with Gasteiger partial charge in [-0.25, -0.2) is 0 Å². The highest BCUT2D eigenvalue weighted by Crippen LogP contribution is 2.18. The van der Waals surface area contributed by atoms with E-state index in [2.05, 4.69) is 43.0 Å². The van der Waals surface area contributed by atoms with Crippen molar-refractivity contribution in [1.82, 2.24) is 0 Å². The largest absolute Gasteiger partial charge is 0.112 e. The Morgan fingerprint density at radius 2 is 2.17 bits per heavy atom. The molecule has 58 valence electrons. The Bertz CT molecular complexity index is 388. The van der Waals surface area contributed by atoms with Crippen LogP contribution in [-0.4, -0.2) is 0 Å². The van der Waals surface area contributed by atoms with Crippen LogP contribution < -0.4 is 0 Å². The maximum absolute atomic E-state index is 3.18. The minimum absolute atomic E-state index is 1.18. The van der Waals surface area contributed by atoms with Crippen molar-refractivity contribution < 1.29 is 0 Å². The second-order valence-electron chi connectivity index (χ2n) is 2.95. The van der Waals surface area contributed by atoms with Crippen LogP contribution in [0.1, 0.15) is 11.1 Å². The standard InChI is InChI=1S/C12H10/c1-10-5-4-8-12(9-10)11-6-2-3-7-11/h2-6,8-9H,1H3. The number of aryl methyl sites for hydroxylation is 1. The molecular formula is C12H10. The summed E-state index contributed by atoms with van der Waals surface area (Å²) >= 11 is 0. The lowest BCUT2D eigenvalue weighted by atomic mass is 10.1. The molecule has 0 radical (unpaired) electrons. The van der Waals surface area contributed by atoms with Crippen molar-refractivity contribution in [3.8, 4) is 0 Å². The van der Waals surface area contributed by atoms with E-state index in [1.807, 2.05) is 12.2 Å². The Hall–Kier alpha value is -1.52. The van der Waals surface area contributed by atoms with Crippen LogP contribution >= 0.6 is 0 Å². The predicted molar refractivity (Wildman–Crippen MR) is 51.8 cm³/mol. The van der Waals surface area contributed by atoms with E-state index in [1.165, 1.54) is 16.7 Å². The summed E-state index contributed by atoms with van der Waals surface area (Å²) in [6.07, 6.45) is 6.03. The zero-order valence-electron chi connectivity index (χ0n) is 7.04. The maximum atomic E-state index is 3.18. The molecule has 1 aliphatic rings. The number of benzene rings is 1. The summed E-state index contributed by atoms with van der Waals surface area (Å²) in [5, 5.41) is 0. The number of allylic oxidation sites excluding steroid dienone is 3. The Balaban J connectivity index is 2.48. The van der Waals surface area contributed by atoms with Crippen molar-refractivity contribution in [2.45, 2.75) is 6.92 Å². The average molecular weight is 154 g/mol. The molecule has 2 rings (SSSR count). The van der Waals surface area contributed by atoms with E-state index in [0.717, 1.165) is 0 Å². The fraction of sp³-hybridized carbons (Fsp3) is 0.0833. The first-order valence-corrected chi connectivity index (χ1v) is 4.07. The normalized spacial score (nSPS) is 13.6. The lowest BCUT2D eigenvalue weighted by molar-refractivity contribution is 1.45. The van der Waals surface area contributed by atoms with Gasteiger partial charge in [0, 0.05) is 5.57 Å². The number of rotatable bonds is 1. The molecule has 0 saturated heterocycles. The van der Waals surface area contributed by atoms with E-state index in [1.54, 1.807) is 0 Å². The fourth-order valence-corrected chi connectivity index (χ4v) is 1.32. The maximum Gasteiger partial charge on any atom is 0.0237 e. The molecule has 0 saturated carbocycles. The van der Waals surface area contributed by atoms with Gasteiger partial charge in [0.25, 0.3) is 0 Å². The van der Waals surface area contributed by atoms with E-state index in [4.69, 9.17) is 0 Å². The van der Waals surface area contributed by atoms with E-state index < -0.39 is 0 Å². The highest BCUT2D eigenvalue weighted by molar-refractivity contribution is 5.76. The van der Waals surface area contributed by atoms with Crippen molar-refractivity contribution in [1.29, 1.82) is 0 Å². The molecule has 0 aliphatic heterocycles. The van der Waals surface area contributed by atoms with Gasteiger partial charge < -0.3 is 0 Å². The molecular weight excluding hydrogens is 144 g/mol. The van der Waals surface area contributed by atoms with Gasteiger partial charge >= 0.3 is 0 Å². The topological polar surface area (TPSA) is 0 Å². The molecule has 1 aromatic rings. The number of hydrogen-bond donors (Lipinski definition) is 0. The summed E-state index contributed by atoms with van der Waals surface area (Å²) < 4.78 is 0. The summed E-state index contributed by atoms with van der Waals surface area (Å²) in [7, 11) is 0. The van der Waals surface area contributed by atoms with Crippen molar-refractivity contribution in [3.05, 3.63) is 59.4 Å². The molecule has 0 atom stereocenters. The third-order valence-electron chi connectivity index (χ3n) is 1.93. The molecule has 0 spiro atoms. The van der Waals surface area contributed by atoms with E-state index in [9.17, 15) is 0 Å². The Kier molecular flexibility index (Phi) is 1.69. The lowest BCUT2D eigenvalue weighted by Crippen LogP contribution is -1.79. The van der Waals surface area contributed by atoms with Crippen LogP contribution in [0.25, 0.3) is 5.57 Å². The molecule has 1 aromatic carbocycles. The molecule has 12 heavy (non-hydrogen) atoms. The van der Waals surface area contributed by atoms with Crippen LogP contribution in [-0.2, 0) is 0 Å². The molecule has 0 fully saturated rings. The summed E-state index contributed by atoms with van der Waals surface area (Å²) in [4.78, 5) is 0. The van der Waals surface area contributed by atoms with Gasteiger partial charge in [-0.1, -0.05) is 35.9 Å². The number of hydrogen-bond acceptors (Lipinski definition) is 0. The third-order valence-corrected chi connectivity index (χ3v) is 1.93. The van der Waals surface area contributed by atoms with Gasteiger partial charge in [0.15, 0.2) is 0 Å². The van der Waals surface area contributed by atoms with Gasteiger partial charge in [0.05, 0.1) is 0 Å². The third kappa shape index (κ3) is 1.25. The van der Waals surface area contributed by atoms with Crippen LogP contribution in [0.2, 0.25) is 0 Å². The second kappa shape index (κ2) is 2.84. The van der Waals surface area contributed by atoms with E-state index in [-0.39, 0.29) is 0 Å². The van der Waals surface area contributed by atoms with Gasteiger partial charge in [0.1, 0.15) is 0 Å². The Morgan fingerprint density at radius 3 is 2.83 bits per heavy atom. The fourth-order valence-electron chi connectivity index (χ4n) is 1.32. The van der Waals surface area contributed by atoms with Crippen LogP contribution in [0.15, 0.2) is 48.2 Å². The minimum atomic E-state index is 1.18. The molecule has 0 nitrogen and oxygen atoms in total. The molecule has 0 bridgehead atoms. The van der Waals surface area contributed by atoms with Gasteiger partial charge in [-0.05, 0) is 24.6 Å². The van der Waals surface area contributed by atoms with Gasteiger partial charge in [-0.15, -0.1) is 5.73 Å². The van der Waals surface area contributed by atoms with Crippen molar-refractivity contribution in [3.63, 3.8) is 0 Å². The van der Waals surface area contributed by atoms with Crippen molar-refractivity contribution >= 4 is 5.57 Å². The SMILES string of the molecule is Cc1cccc(C2=C=CC=C2)c1. The molecule has 0 amide bonds. The Labute approximate surface area is 72.5 Å². The first-order valence-electron chi connectivity index (χ1n) is 4.07. The van der Waals surface area contributed by atoms with E-state index in [0.29, 0.717) is 0 Å². The van der Waals surface area contributed by atoms with Crippen molar-refractivity contribution in [2.75, 3.05) is 0 Å². The van der Waals surface area contributed by atoms with E-state index >= 15 is 0 Å². The smallest absolute Gasteiger partial charge is 0.0237 e. The van der Waals surface area contributed by atoms with Gasteiger partial charge in [-0.2, -0.15) is 0 Å². The summed E-state index contributed by atoms with van der Waals surface area (Å²) in [5.74, 6) is 0. The minimum Gasteiger partial charge on any atom is -0.112 e. The monoisotopic (exact) mass is 154 g/mol. The summed E-state index contributed by atoms with van der Waals surface area (Å²) in [6, 6.07) is 8.46. The quantitative estimate of drug-likeness (QED) is 0.545. The van der Waals surface area contributed by atoms with Crippen LogP contribution in [0, 0.1) is 6.92 Å². The molecule has 0 heteroatoms. The highest BCUT2D eigenvalue weighted by Gasteiger charge is 1.97. The lowest BCUT2D eigenvalue weighted by Gasteiger charge is -1.98. The van der Waals surface area contributed by atoms with Crippen LogP contribution in [0.3, 0.4) is 0 Å². The highest BCUT2D eigenvalue weighted by atomic mass is 14.0. The first-order chi connectivity index (χ1) is 5.86. The Morgan fingerprint density at radius 1 is 1.25 bits per heavy atom. The van der Waals surface area contributed by atoms with Gasteiger partial charge in [0.2, 0.25) is 0 Å². The predicted octanol–water partition coefficient (Wildman–Crippen LogP) is 3.10. The zero-order valence-corrected chi connectivity index (χ0v) is 7.04. The molecule has 0 unspecified atom stereocenters. The van der Waals surface area contributed by atoms with Gasteiger partial charge in [-0.3, -0.25) is 0 Å². The van der Waals surface area contributed by atoms with Crippen molar-refractivity contribution in [2.24, 2.45) is 0 Å². The summed E-state index contributed by atoms with van der Waals surface area (Å²) in [6.45, 7) is 2.10. The van der Waals surface area contributed by atoms with Crippen LogP contribution in [0.5, 0.6) is 0 Å². The molecule has 0 aromatic heterocycles. The molecule has 0 N–H and O–H groups in total. The average Bonchev–Trinajstić information content (AvgIpc) is 2.56.